The molecule has 160 valence electrons. The van der Waals surface area contributed by atoms with Crippen molar-refractivity contribution in [3.05, 3.63) is 23.8 Å². The van der Waals surface area contributed by atoms with Crippen molar-refractivity contribution in [2.75, 3.05) is 37.6 Å². The van der Waals surface area contributed by atoms with Gasteiger partial charge in [0.15, 0.2) is 9.84 Å². The maximum Gasteiger partial charge on any atom is 0.180 e. The molecule has 2 saturated heterocycles. The monoisotopic (exact) mass is 417 g/mol. The van der Waals surface area contributed by atoms with Crippen molar-refractivity contribution < 1.29 is 8.42 Å². The normalized spacial score (nSPS) is 20.2. The lowest BCUT2D eigenvalue weighted by Gasteiger charge is -2.38. The third-order valence-corrected chi connectivity index (χ3v) is 8.95. The summed E-state index contributed by atoms with van der Waals surface area (Å²) in [5.41, 5.74) is 1.34. The maximum absolute atomic E-state index is 12.6. The Morgan fingerprint density at radius 3 is 2.24 bits per heavy atom. The van der Waals surface area contributed by atoms with Crippen molar-refractivity contribution in [3.63, 3.8) is 0 Å². The number of rotatable bonds is 6. The van der Waals surface area contributed by atoms with E-state index in [1.165, 1.54) is 38.9 Å². The van der Waals surface area contributed by atoms with Gasteiger partial charge in [-0.2, -0.15) is 5.26 Å². The average Bonchev–Trinajstić information content (AvgIpc) is 2.74. The molecule has 5 nitrogen and oxygen atoms in total. The van der Waals surface area contributed by atoms with Gasteiger partial charge in [-0.3, -0.25) is 0 Å². The Morgan fingerprint density at radius 2 is 1.69 bits per heavy atom. The van der Waals surface area contributed by atoms with Crippen molar-refractivity contribution >= 4 is 15.5 Å². The Labute approximate surface area is 176 Å². The topological polar surface area (TPSA) is 64.4 Å². The van der Waals surface area contributed by atoms with Crippen LogP contribution in [0.5, 0.6) is 0 Å². The van der Waals surface area contributed by atoms with Crippen molar-refractivity contribution in [3.8, 4) is 6.07 Å². The van der Waals surface area contributed by atoms with Crippen LogP contribution in [-0.4, -0.2) is 51.3 Å². The quantitative estimate of drug-likeness (QED) is 0.698. The highest BCUT2D eigenvalue weighted by atomic mass is 32.2. The molecule has 0 amide bonds. The molecule has 0 atom stereocenters. The number of likely N-dealkylation sites (tertiary alicyclic amines) is 1. The third-order valence-electron chi connectivity index (χ3n) is 6.79. The maximum atomic E-state index is 12.6. The molecule has 3 rings (SSSR count). The van der Waals surface area contributed by atoms with Gasteiger partial charge in [0, 0.05) is 19.6 Å². The van der Waals surface area contributed by atoms with Crippen LogP contribution in [-0.2, 0) is 9.84 Å². The average molecular weight is 418 g/mol. The van der Waals surface area contributed by atoms with Gasteiger partial charge >= 0.3 is 0 Å². The van der Waals surface area contributed by atoms with E-state index in [0.29, 0.717) is 16.4 Å². The second-order valence-electron chi connectivity index (χ2n) is 8.97. The van der Waals surface area contributed by atoms with Crippen LogP contribution in [0.4, 0.5) is 5.69 Å². The minimum atomic E-state index is -3.34. The summed E-state index contributed by atoms with van der Waals surface area (Å²) in [4.78, 5) is 5.16. The summed E-state index contributed by atoms with van der Waals surface area (Å²) in [5.74, 6) is 1.60. The smallest absolute Gasteiger partial charge is 0.180 e. The van der Waals surface area contributed by atoms with Gasteiger partial charge in [0.2, 0.25) is 0 Å². The Bertz CT molecular complexity index is 828. The molecule has 0 aliphatic carbocycles. The summed E-state index contributed by atoms with van der Waals surface area (Å²) in [6, 6.07) is 7.19. The molecule has 0 unspecified atom stereocenters. The molecule has 2 aliphatic heterocycles. The van der Waals surface area contributed by atoms with E-state index in [0.717, 1.165) is 37.5 Å². The molecule has 0 radical (unpaired) electrons. The summed E-state index contributed by atoms with van der Waals surface area (Å²) < 4.78 is 25.2. The second kappa shape index (κ2) is 9.49. The first-order chi connectivity index (χ1) is 13.8. The first-order valence-electron chi connectivity index (χ1n) is 11.1. The number of nitrogens with zero attached hydrogens (tertiary/aromatic N) is 3. The molecule has 2 heterocycles. The summed E-state index contributed by atoms with van der Waals surface area (Å²) in [6.45, 7) is 11.1. The molecule has 2 aliphatic rings. The van der Waals surface area contributed by atoms with Crippen molar-refractivity contribution in [1.82, 2.24) is 4.90 Å². The van der Waals surface area contributed by atoms with Gasteiger partial charge < -0.3 is 9.80 Å². The summed E-state index contributed by atoms with van der Waals surface area (Å²) >= 11 is 0. The van der Waals surface area contributed by atoms with Gasteiger partial charge in [-0.15, -0.1) is 0 Å². The van der Waals surface area contributed by atoms with Crippen LogP contribution in [0.25, 0.3) is 0 Å². The first-order valence-corrected chi connectivity index (χ1v) is 12.6. The highest BCUT2D eigenvalue weighted by Crippen LogP contribution is 2.31. The van der Waals surface area contributed by atoms with Crippen LogP contribution in [0.15, 0.2) is 23.1 Å². The molecule has 0 saturated carbocycles. The zero-order valence-corrected chi connectivity index (χ0v) is 18.9. The molecule has 2 fully saturated rings. The zero-order chi connectivity index (χ0) is 21.0. The number of piperidine rings is 2. The minimum absolute atomic E-state index is 0.322. The first kappa shape index (κ1) is 22.1. The van der Waals surface area contributed by atoms with E-state index in [1.54, 1.807) is 32.0 Å². The molecule has 0 spiro atoms. The van der Waals surface area contributed by atoms with Crippen molar-refractivity contribution in [1.29, 1.82) is 5.26 Å². The molecule has 0 N–H and O–H groups in total. The summed E-state index contributed by atoms with van der Waals surface area (Å²) in [6.07, 6.45) is 6.16. The minimum Gasteiger partial charge on any atom is -0.370 e. The van der Waals surface area contributed by atoms with Gasteiger partial charge in [0.05, 0.1) is 21.4 Å². The number of anilines is 1. The molecular formula is C23H35N3O2S. The second-order valence-corrected chi connectivity index (χ2v) is 11.5. The van der Waals surface area contributed by atoms with Crippen LogP contribution >= 0.6 is 0 Å². The molecule has 29 heavy (non-hydrogen) atoms. The predicted molar refractivity (Wildman–Crippen MR) is 118 cm³/mol. The van der Waals surface area contributed by atoms with Gasteiger partial charge in [0.1, 0.15) is 6.07 Å². The van der Waals surface area contributed by atoms with E-state index in [4.69, 9.17) is 0 Å². The van der Waals surface area contributed by atoms with Gasteiger partial charge in [-0.05, 0) is 82.7 Å². The van der Waals surface area contributed by atoms with Gasteiger partial charge in [-0.1, -0.05) is 13.3 Å². The highest BCUT2D eigenvalue weighted by Gasteiger charge is 2.27. The van der Waals surface area contributed by atoms with E-state index in [2.05, 4.69) is 22.8 Å². The Hall–Kier alpha value is -1.58. The van der Waals surface area contributed by atoms with E-state index in [-0.39, 0.29) is 0 Å². The fourth-order valence-corrected chi connectivity index (χ4v) is 5.69. The molecule has 1 aromatic carbocycles. The lowest BCUT2D eigenvalue weighted by atomic mass is 9.91. The third kappa shape index (κ3) is 5.13. The van der Waals surface area contributed by atoms with E-state index >= 15 is 0 Å². The largest absolute Gasteiger partial charge is 0.370 e. The van der Waals surface area contributed by atoms with Crippen LogP contribution in [0, 0.1) is 23.2 Å². The van der Waals surface area contributed by atoms with Crippen LogP contribution < -0.4 is 4.90 Å². The van der Waals surface area contributed by atoms with E-state index in [9.17, 15) is 13.7 Å². The molecule has 0 bridgehead atoms. The lowest BCUT2D eigenvalue weighted by Crippen LogP contribution is -2.41. The Morgan fingerprint density at radius 1 is 1.07 bits per heavy atom. The summed E-state index contributed by atoms with van der Waals surface area (Å²) in [7, 11) is -3.34. The molecule has 0 aromatic heterocycles. The van der Waals surface area contributed by atoms with Crippen LogP contribution in [0.1, 0.15) is 58.4 Å². The fraction of sp³-hybridized carbons (Fsp3) is 0.696. The van der Waals surface area contributed by atoms with Crippen LogP contribution in [0.3, 0.4) is 0 Å². The van der Waals surface area contributed by atoms with Crippen LogP contribution in [0.2, 0.25) is 0 Å². The van der Waals surface area contributed by atoms with Crippen molar-refractivity contribution in [2.24, 2.45) is 11.8 Å². The highest BCUT2D eigenvalue weighted by molar-refractivity contribution is 7.92. The van der Waals surface area contributed by atoms with E-state index in [1.807, 2.05) is 0 Å². The molecule has 6 heteroatoms. The van der Waals surface area contributed by atoms with Gasteiger partial charge in [-0.25, -0.2) is 8.42 Å². The number of hydrogen-bond donors (Lipinski definition) is 0. The summed E-state index contributed by atoms with van der Waals surface area (Å²) in [5, 5.41) is 9.06. The number of nitriles is 1. The number of benzene rings is 1. The molecular weight excluding hydrogens is 382 g/mol. The number of hydrogen-bond acceptors (Lipinski definition) is 5. The number of sulfone groups is 1. The molecule has 1 aromatic rings. The van der Waals surface area contributed by atoms with E-state index < -0.39 is 15.1 Å². The standard InChI is InChI=1S/C23H35N3O2S/c1-4-19-7-11-25(12-8-19)17-20-9-13-26(14-10-20)23-15-22(6-5-21(23)16-24)29(27,28)18(2)3/h5-6,15,18-20H,4,7-14,17H2,1-3H3. The Balaban J connectivity index is 1.64. The SMILES string of the molecule is CCC1CCN(CC2CCN(c3cc(S(=O)(=O)C(C)C)ccc3C#N)CC2)CC1. The Kier molecular flexibility index (Phi) is 7.23. The van der Waals surface area contributed by atoms with Gasteiger partial charge in [0.25, 0.3) is 0 Å². The van der Waals surface area contributed by atoms with Crippen molar-refractivity contribution in [2.45, 2.75) is 63.0 Å². The lowest BCUT2D eigenvalue weighted by molar-refractivity contribution is 0.149. The fourth-order valence-electron chi connectivity index (χ4n) is 4.62. The predicted octanol–water partition coefficient (Wildman–Crippen LogP) is 4.08. The zero-order valence-electron chi connectivity index (χ0n) is 18.1.